The van der Waals surface area contributed by atoms with Crippen molar-refractivity contribution in [2.75, 3.05) is 37.2 Å². The number of thioether (sulfide) groups is 1. The second-order valence-electron chi connectivity index (χ2n) is 7.41. The number of carbonyl (C=O) groups is 3. The molecule has 7 nitrogen and oxygen atoms in total. The third-order valence-corrected chi connectivity index (χ3v) is 6.15. The predicted molar refractivity (Wildman–Crippen MR) is 117 cm³/mol. The van der Waals surface area contributed by atoms with Crippen molar-refractivity contribution >= 4 is 34.6 Å². The van der Waals surface area contributed by atoms with Gasteiger partial charge in [-0.3, -0.25) is 19.4 Å². The van der Waals surface area contributed by atoms with Gasteiger partial charge in [-0.2, -0.15) is 0 Å². The average Bonchev–Trinajstić information content (AvgIpc) is 3.08. The smallest absolute Gasteiger partial charge is 0.321 e. The fraction of sp³-hybridized carbons (Fsp3) is 0.318. The molecule has 2 aromatic rings. The fourth-order valence-corrected chi connectivity index (χ4v) is 4.29. The first kappa shape index (κ1) is 20.4. The molecular weight excluding hydrogens is 400 g/mol. The minimum absolute atomic E-state index is 0.108. The van der Waals surface area contributed by atoms with Crippen LogP contribution in [0, 0.1) is 0 Å². The second kappa shape index (κ2) is 9.32. The summed E-state index contributed by atoms with van der Waals surface area (Å²) in [5, 5.41) is 2.73. The molecule has 2 fully saturated rings. The second-order valence-corrected chi connectivity index (χ2v) is 8.34. The van der Waals surface area contributed by atoms with E-state index in [1.807, 2.05) is 35.2 Å². The number of benzene rings is 2. The number of hydrogen-bond donors (Lipinski definition) is 1. The molecule has 2 saturated heterocycles. The van der Waals surface area contributed by atoms with Gasteiger partial charge in [-0.1, -0.05) is 54.2 Å². The Morgan fingerprint density at radius 1 is 0.867 bits per heavy atom. The zero-order chi connectivity index (χ0) is 20.9. The van der Waals surface area contributed by atoms with E-state index in [1.165, 1.54) is 10.5 Å². The number of urea groups is 1. The number of nitrogens with zero attached hydrogens (tertiary/aromatic N) is 3. The van der Waals surface area contributed by atoms with Crippen molar-refractivity contribution in [2.45, 2.75) is 13.1 Å². The van der Waals surface area contributed by atoms with Gasteiger partial charge in [0, 0.05) is 38.4 Å². The third-order valence-electron chi connectivity index (χ3n) is 5.29. The van der Waals surface area contributed by atoms with E-state index in [0.717, 1.165) is 37.0 Å². The first-order valence-corrected chi connectivity index (χ1v) is 11.0. The number of amides is 4. The van der Waals surface area contributed by atoms with Crippen LogP contribution in [0.4, 0.5) is 15.3 Å². The summed E-state index contributed by atoms with van der Waals surface area (Å²) in [4.78, 5) is 41.4. The van der Waals surface area contributed by atoms with Crippen LogP contribution in [0.1, 0.15) is 11.1 Å². The molecule has 2 aliphatic rings. The number of hydrogen-bond acceptors (Lipinski definition) is 5. The minimum Gasteiger partial charge on any atom is -0.322 e. The van der Waals surface area contributed by atoms with E-state index in [9.17, 15) is 14.4 Å². The summed E-state index contributed by atoms with van der Waals surface area (Å²) in [5.41, 5.74) is 2.84. The minimum atomic E-state index is -0.205. The normalized spacial score (nSPS) is 17.5. The number of anilines is 1. The van der Waals surface area contributed by atoms with Gasteiger partial charge in [0.25, 0.3) is 5.24 Å². The van der Waals surface area contributed by atoms with Crippen molar-refractivity contribution in [1.82, 2.24) is 14.7 Å². The quantitative estimate of drug-likeness (QED) is 0.798. The maximum atomic E-state index is 12.6. The lowest BCUT2D eigenvalue weighted by Crippen LogP contribution is -2.49. The van der Waals surface area contributed by atoms with Gasteiger partial charge in [0.05, 0.1) is 12.3 Å². The molecular formula is C22H24N4O3S. The number of piperazine rings is 1. The molecule has 2 aromatic carbocycles. The Hall–Kier alpha value is -2.84. The Kier molecular flexibility index (Phi) is 6.35. The van der Waals surface area contributed by atoms with Crippen LogP contribution in [0.3, 0.4) is 0 Å². The summed E-state index contributed by atoms with van der Waals surface area (Å²) in [6.45, 7) is 4.23. The molecule has 1 N–H and O–H groups in total. The lowest BCUT2D eigenvalue weighted by Gasteiger charge is -2.34. The zero-order valence-electron chi connectivity index (χ0n) is 16.6. The molecule has 2 heterocycles. The van der Waals surface area contributed by atoms with Gasteiger partial charge in [0.15, 0.2) is 0 Å². The lowest BCUT2D eigenvalue weighted by molar-refractivity contribution is -0.125. The van der Waals surface area contributed by atoms with E-state index < -0.39 is 0 Å². The molecule has 0 spiro atoms. The van der Waals surface area contributed by atoms with Gasteiger partial charge in [-0.05, 0) is 23.3 Å². The monoisotopic (exact) mass is 424 g/mol. The predicted octanol–water partition coefficient (Wildman–Crippen LogP) is 3.23. The number of carbonyl (C=O) groups excluding carboxylic acids is 3. The maximum absolute atomic E-state index is 12.6. The van der Waals surface area contributed by atoms with Crippen LogP contribution in [0.2, 0.25) is 0 Å². The Balaban J connectivity index is 1.25. The van der Waals surface area contributed by atoms with Crippen LogP contribution in [0.5, 0.6) is 0 Å². The Morgan fingerprint density at radius 2 is 1.53 bits per heavy atom. The summed E-state index contributed by atoms with van der Waals surface area (Å²) in [6.07, 6.45) is 0. The molecule has 4 amide bonds. The standard InChI is InChI=1S/C22H24N4O3S/c27-20-16-30-22(29)26(20)15-18-6-8-19(9-7-18)23-21(28)25-12-10-24(11-13-25)14-17-4-2-1-3-5-17/h1-9H,10-16H2,(H,23,28). The number of nitrogens with one attached hydrogen (secondary N) is 1. The molecule has 0 bridgehead atoms. The molecule has 0 aromatic heterocycles. The van der Waals surface area contributed by atoms with Gasteiger partial charge in [0.2, 0.25) is 5.91 Å². The van der Waals surface area contributed by atoms with E-state index in [1.54, 1.807) is 12.1 Å². The lowest BCUT2D eigenvalue weighted by atomic mass is 10.2. The topological polar surface area (TPSA) is 73.0 Å². The van der Waals surface area contributed by atoms with Gasteiger partial charge in [-0.25, -0.2) is 4.79 Å². The van der Waals surface area contributed by atoms with E-state index in [-0.39, 0.29) is 29.5 Å². The first-order chi connectivity index (χ1) is 14.6. The Bertz CT molecular complexity index is 896. The van der Waals surface area contributed by atoms with Crippen molar-refractivity contribution in [2.24, 2.45) is 0 Å². The van der Waals surface area contributed by atoms with Crippen LogP contribution in [0.15, 0.2) is 54.6 Å². The largest absolute Gasteiger partial charge is 0.322 e. The SMILES string of the molecule is O=C(Nc1ccc(CN2C(=O)CSC2=O)cc1)N1CCN(Cc2ccccc2)CC1. The zero-order valence-corrected chi connectivity index (χ0v) is 17.4. The van der Waals surface area contributed by atoms with Crippen molar-refractivity contribution in [1.29, 1.82) is 0 Å². The molecule has 156 valence electrons. The average molecular weight is 425 g/mol. The summed E-state index contributed by atoms with van der Waals surface area (Å²) in [7, 11) is 0. The molecule has 0 aliphatic carbocycles. The summed E-state index contributed by atoms with van der Waals surface area (Å²) in [5.74, 6) is 0.0553. The Morgan fingerprint density at radius 3 is 2.17 bits per heavy atom. The highest BCUT2D eigenvalue weighted by Crippen LogP contribution is 2.22. The maximum Gasteiger partial charge on any atom is 0.321 e. The Labute approximate surface area is 180 Å². The number of imide groups is 1. The molecule has 0 saturated carbocycles. The highest BCUT2D eigenvalue weighted by Gasteiger charge is 2.29. The highest BCUT2D eigenvalue weighted by molar-refractivity contribution is 8.14. The number of rotatable bonds is 5. The van der Waals surface area contributed by atoms with Crippen LogP contribution < -0.4 is 5.32 Å². The third kappa shape index (κ3) is 5.01. The van der Waals surface area contributed by atoms with Crippen LogP contribution in [-0.4, -0.2) is 63.8 Å². The molecule has 2 aliphatic heterocycles. The van der Waals surface area contributed by atoms with Gasteiger partial charge >= 0.3 is 6.03 Å². The van der Waals surface area contributed by atoms with Gasteiger partial charge in [0.1, 0.15) is 0 Å². The molecule has 4 rings (SSSR count). The van der Waals surface area contributed by atoms with Gasteiger partial charge in [-0.15, -0.1) is 0 Å². The van der Waals surface area contributed by atoms with Crippen molar-refractivity contribution in [3.63, 3.8) is 0 Å². The van der Waals surface area contributed by atoms with Gasteiger partial charge < -0.3 is 10.2 Å². The molecule has 30 heavy (non-hydrogen) atoms. The molecule has 0 atom stereocenters. The van der Waals surface area contributed by atoms with E-state index in [2.05, 4.69) is 22.3 Å². The molecule has 8 heteroatoms. The van der Waals surface area contributed by atoms with E-state index in [0.29, 0.717) is 18.8 Å². The van der Waals surface area contributed by atoms with E-state index >= 15 is 0 Å². The summed E-state index contributed by atoms with van der Waals surface area (Å²) < 4.78 is 0. The van der Waals surface area contributed by atoms with Crippen molar-refractivity contribution < 1.29 is 14.4 Å². The fourth-order valence-electron chi connectivity index (χ4n) is 3.56. The van der Waals surface area contributed by atoms with Crippen molar-refractivity contribution in [3.8, 4) is 0 Å². The van der Waals surface area contributed by atoms with E-state index in [4.69, 9.17) is 0 Å². The summed E-state index contributed by atoms with van der Waals surface area (Å²) >= 11 is 1.03. The molecule has 0 radical (unpaired) electrons. The van der Waals surface area contributed by atoms with Crippen molar-refractivity contribution in [3.05, 3.63) is 65.7 Å². The van der Waals surface area contributed by atoms with Crippen LogP contribution in [0.25, 0.3) is 0 Å². The molecule has 0 unspecified atom stereocenters. The first-order valence-electron chi connectivity index (χ1n) is 9.97. The van der Waals surface area contributed by atoms with Crippen LogP contribution in [-0.2, 0) is 17.9 Å². The highest BCUT2D eigenvalue weighted by atomic mass is 32.2. The summed E-state index contributed by atoms with van der Waals surface area (Å²) in [6, 6.07) is 17.5. The van der Waals surface area contributed by atoms with Crippen LogP contribution >= 0.6 is 11.8 Å².